The maximum Gasteiger partial charge on any atom is 0.472 e. The lowest BCUT2D eigenvalue weighted by molar-refractivity contribution is -0.870. The van der Waals surface area contributed by atoms with Gasteiger partial charge < -0.3 is 19.4 Å². The summed E-state index contributed by atoms with van der Waals surface area (Å²) in [7, 11) is 1.72. The van der Waals surface area contributed by atoms with Gasteiger partial charge in [0.05, 0.1) is 27.7 Å². The van der Waals surface area contributed by atoms with Gasteiger partial charge in [0, 0.05) is 6.54 Å². The highest BCUT2D eigenvalue weighted by molar-refractivity contribution is 7.47. The maximum absolute atomic E-state index is 12.1. The van der Waals surface area contributed by atoms with E-state index in [1.807, 2.05) is 21.1 Å². The molecular formula is C20H44N2O6P+. The summed E-state index contributed by atoms with van der Waals surface area (Å²) in [5.74, 6) is 0. The lowest BCUT2D eigenvalue weighted by Crippen LogP contribution is -2.37. The highest BCUT2D eigenvalue weighted by Gasteiger charge is 2.25. The topological polar surface area (TPSA) is 94.1 Å². The van der Waals surface area contributed by atoms with Gasteiger partial charge >= 0.3 is 13.9 Å². The Balaban J connectivity index is 4.31. The van der Waals surface area contributed by atoms with Crippen LogP contribution in [0.1, 0.15) is 71.6 Å². The summed E-state index contributed by atoms with van der Waals surface area (Å²) >= 11 is 0. The standard InChI is InChI=1S/C20H43N2O6P/c1-6-8-9-10-11-12-13-14-15-19(28-20(23)21-7-2)18-27-29(24,25)26-17-16-22(3,4)5/h19H,6-18H2,1-5H3,(H-,21,23,24,25)/p+1. The molecule has 0 aliphatic rings. The number of ether oxygens (including phenoxy) is 1. The number of carbonyl (C=O) groups excluding carboxylic acids is 1. The monoisotopic (exact) mass is 439 g/mol. The lowest BCUT2D eigenvalue weighted by atomic mass is 10.1. The van der Waals surface area contributed by atoms with Crippen molar-refractivity contribution in [3.05, 3.63) is 0 Å². The van der Waals surface area contributed by atoms with Crippen LogP contribution in [0.3, 0.4) is 0 Å². The van der Waals surface area contributed by atoms with Crippen LogP contribution in [-0.2, 0) is 18.3 Å². The van der Waals surface area contributed by atoms with E-state index in [1.54, 1.807) is 6.92 Å². The molecule has 0 radical (unpaired) electrons. The molecule has 174 valence electrons. The number of alkyl carbamates (subject to hydrolysis) is 1. The quantitative estimate of drug-likeness (QED) is 0.186. The Kier molecular flexibility index (Phi) is 15.7. The maximum atomic E-state index is 12.1. The van der Waals surface area contributed by atoms with Crippen LogP contribution in [0.5, 0.6) is 0 Å². The number of phosphoric acid groups is 1. The van der Waals surface area contributed by atoms with Crippen molar-refractivity contribution in [2.24, 2.45) is 0 Å². The van der Waals surface area contributed by atoms with Crippen LogP contribution in [0.25, 0.3) is 0 Å². The molecule has 9 heteroatoms. The number of carbonyl (C=O) groups is 1. The molecular weight excluding hydrogens is 395 g/mol. The van der Waals surface area contributed by atoms with Crippen molar-refractivity contribution in [2.45, 2.75) is 77.7 Å². The average Bonchev–Trinajstić information content (AvgIpc) is 2.60. The number of nitrogens with one attached hydrogen (secondary N) is 1. The van der Waals surface area contributed by atoms with Gasteiger partial charge in [-0.25, -0.2) is 9.36 Å². The Labute approximate surface area is 177 Å². The first kappa shape index (κ1) is 28.3. The number of quaternary nitrogens is 1. The molecule has 0 aromatic rings. The first-order valence-electron chi connectivity index (χ1n) is 11.0. The third-order valence-electron chi connectivity index (χ3n) is 4.41. The first-order valence-corrected chi connectivity index (χ1v) is 12.5. The largest absolute Gasteiger partial charge is 0.472 e. The van der Waals surface area contributed by atoms with E-state index in [-0.39, 0.29) is 13.2 Å². The number of hydrogen-bond donors (Lipinski definition) is 2. The highest BCUT2D eigenvalue weighted by atomic mass is 31.2. The molecule has 0 saturated heterocycles. The first-order chi connectivity index (χ1) is 13.6. The van der Waals surface area contributed by atoms with Crippen LogP contribution in [0, 0.1) is 0 Å². The molecule has 2 N–H and O–H groups in total. The highest BCUT2D eigenvalue weighted by Crippen LogP contribution is 2.43. The fourth-order valence-corrected chi connectivity index (χ4v) is 3.41. The third kappa shape index (κ3) is 19.1. The van der Waals surface area contributed by atoms with E-state index in [4.69, 9.17) is 13.8 Å². The predicted molar refractivity (Wildman–Crippen MR) is 116 cm³/mol. The lowest BCUT2D eigenvalue weighted by Gasteiger charge is -2.24. The number of nitrogens with zero attached hydrogens (tertiary/aromatic N) is 1. The predicted octanol–water partition coefficient (Wildman–Crippen LogP) is 4.47. The number of rotatable bonds is 18. The van der Waals surface area contributed by atoms with E-state index in [2.05, 4.69) is 12.2 Å². The summed E-state index contributed by atoms with van der Waals surface area (Å²) in [6, 6.07) is 0. The molecule has 2 atom stereocenters. The number of likely N-dealkylation sites (N-methyl/N-ethyl adjacent to an activating group) is 1. The number of amides is 1. The van der Waals surface area contributed by atoms with Crippen LogP contribution >= 0.6 is 7.82 Å². The molecule has 0 bridgehead atoms. The van der Waals surface area contributed by atoms with E-state index in [9.17, 15) is 14.3 Å². The van der Waals surface area contributed by atoms with Gasteiger partial charge in [-0.1, -0.05) is 51.9 Å². The second kappa shape index (κ2) is 16.1. The SMILES string of the molecule is CCCCCCCCCCC(COP(=O)(O)OCC[N+](C)(C)C)OC(=O)NCC. The summed E-state index contributed by atoms with van der Waals surface area (Å²) < 4.78 is 28.1. The second-order valence-corrected chi connectivity index (χ2v) is 9.89. The van der Waals surface area contributed by atoms with Gasteiger partial charge in [-0.05, 0) is 19.8 Å². The zero-order valence-electron chi connectivity index (χ0n) is 19.2. The zero-order valence-corrected chi connectivity index (χ0v) is 20.0. The summed E-state index contributed by atoms with van der Waals surface area (Å²) in [5, 5.41) is 2.57. The van der Waals surface area contributed by atoms with Crippen LogP contribution in [-0.4, -0.2) is 69.0 Å². The van der Waals surface area contributed by atoms with Crippen molar-refractivity contribution in [1.29, 1.82) is 0 Å². The van der Waals surface area contributed by atoms with Crippen molar-refractivity contribution in [2.75, 3.05) is 47.4 Å². The molecule has 0 aliphatic heterocycles. The van der Waals surface area contributed by atoms with Gasteiger partial charge in [0.2, 0.25) is 0 Å². The summed E-state index contributed by atoms with van der Waals surface area (Å²) in [4.78, 5) is 21.6. The molecule has 0 rings (SSSR count). The minimum atomic E-state index is -4.17. The van der Waals surface area contributed by atoms with Gasteiger partial charge in [0.1, 0.15) is 19.3 Å². The Morgan fingerprint density at radius 3 is 2.14 bits per heavy atom. The van der Waals surface area contributed by atoms with Crippen LogP contribution < -0.4 is 5.32 Å². The van der Waals surface area contributed by atoms with Crippen molar-refractivity contribution < 1.29 is 32.5 Å². The van der Waals surface area contributed by atoms with Crippen molar-refractivity contribution in [3.63, 3.8) is 0 Å². The van der Waals surface area contributed by atoms with Gasteiger partial charge in [-0.3, -0.25) is 9.05 Å². The van der Waals surface area contributed by atoms with Crippen molar-refractivity contribution in [3.8, 4) is 0 Å². The Morgan fingerprint density at radius 2 is 1.59 bits per heavy atom. The normalized spacial score (nSPS) is 15.0. The average molecular weight is 440 g/mol. The van der Waals surface area contributed by atoms with Crippen LogP contribution in [0.4, 0.5) is 4.79 Å². The number of phosphoric ester groups is 1. The third-order valence-corrected chi connectivity index (χ3v) is 5.40. The van der Waals surface area contributed by atoms with Crippen molar-refractivity contribution in [1.82, 2.24) is 5.32 Å². The molecule has 0 spiro atoms. The van der Waals surface area contributed by atoms with E-state index < -0.39 is 20.0 Å². The van der Waals surface area contributed by atoms with E-state index in [0.29, 0.717) is 24.0 Å². The molecule has 1 amide bonds. The summed E-state index contributed by atoms with van der Waals surface area (Å²) in [6.07, 6.45) is 8.81. The van der Waals surface area contributed by atoms with Gasteiger partial charge in [-0.2, -0.15) is 0 Å². The molecule has 0 aromatic carbocycles. The smallest absolute Gasteiger partial charge is 0.444 e. The van der Waals surface area contributed by atoms with Gasteiger partial charge in [0.15, 0.2) is 0 Å². The van der Waals surface area contributed by atoms with E-state index in [1.165, 1.54) is 32.1 Å². The van der Waals surface area contributed by atoms with Gasteiger partial charge in [-0.15, -0.1) is 0 Å². The van der Waals surface area contributed by atoms with Gasteiger partial charge in [0.25, 0.3) is 0 Å². The molecule has 0 fully saturated rings. The Morgan fingerprint density at radius 1 is 1.00 bits per heavy atom. The minimum Gasteiger partial charge on any atom is -0.444 e. The molecule has 0 heterocycles. The van der Waals surface area contributed by atoms with Crippen LogP contribution in [0.2, 0.25) is 0 Å². The molecule has 8 nitrogen and oxygen atoms in total. The Bertz CT molecular complexity index is 470. The fraction of sp³-hybridized carbons (Fsp3) is 0.950. The summed E-state index contributed by atoms with van der Waals surface area (Å²) in [5.41, 5.74) is 0. The molecule has 0 aliphatic carbocycles. The minimum absolute atomic E-state index is 0.108. The molecule has 29 heavy (non-hydrogen) atoms. The second-order valence-electron chi connectivity index (χ2n) is 8.43. The van der Waals surface area contributed by atoms with E-state index in [0.717, 1.165) is 19.3 Å². The van der Waals surface area contributed by atoms with Crippen molar-refractivity contribution >= 4 is 13.9 Å². The zero-order chi connectivity index (χ0) is 22.2. The fourth-order valence-electron chi connectivity index (χ4n) is 2.66. The molecule has 2 unspecified atom stereocenters. The van der Waals surface area contributed by atoms with Crippen LogP contribution in [0.15, 0.2) is 0 Å². The Hall–Kier alpha value is -0.660. The molecule has 0 aromatic heterocycles. The number of unbranched alkanes of at least 4 members (excludes halogenated alkanes) is 7. The summed E-state index contributed by atoms with van der Waals surface area (Å²) in [6.45, 7) is 4.98. The number of hydrogen-bond acceptors (Lipinski definition) is 5. The molecule has 0 saturated carbocycles. The van der Waals surface area contributed by atoms with E-state index >= 15 is 0 Å².